The quantitative estimate of drug-likeness (QED) is 0.575. The maximum atomic E-state index is 12.3. The topological polar surface area (TPSA) is 109 Å². The number of nitrogens with zero attached hydrogens (tertiary/aromatic N) is 3. The van der Waals surface area contributed by atoms with E-state index in [0.29, 0.717) is 0 Å². The van der Waals surface area contributed by atoms with Crippen LogP contribution in [0.2, 0.25) is 0 Å². The zero-order valence-corrected chi connectivity index (χ0v) is 13.0. The van der Waals surface area contributed by atoms with Crippen molar-refractivity contribution in [2.75, 3.05) is 11.9 Å². The van der Waals surface area contributed by atoms with Gasteiger partial charge in [-0.15, -0.1) is 0 Å². The summed E-state index contributed by atoms with van der Waals surface area (Å²) in [6, 6.07) is 5.11. The molecule has 0 bridgehead atoms. The van der Waals surface area contributed by atoms with Gasteiger partial charge in [0.25, 0.3) is 0 Å². The van der Waals surface area contributed by atoms with E-state index < -0.39 is 17.4 Å². The fraction of sp³-hybridized carbons (Fsp3) is 0.286. The maximum Gasteiger partial charge on any atom is 0.389 e. The fourth-order valence-electron chi connectivity index (χ4n) is 1.93. The van der Waals surface area contributed by atoms with Crippen LogP contribution in [0.1, 0.15) is 6.92 Å². The lowest BCUT2D eigenvalue weighted by atomic mass is 10.2. The summed E-state index contributed by atoms with van der Waals surface area (Å²) < 4.78 is 35.3. The Hall–Kier alpha value is -3.24. The minimum absolute atomic E-state index is 0.0512. The normalized spacial score (nSPS) is 10.6. The van der Waals surface area contributed by atoms with Crippen LogP contribution in [0.25, 0.3) is 0 Å². The lowest BCUT2D eigenvalue weighted by Crippen LogP contribution is -2.19. The molecule has 134 valence electrons. The molecular weight excluding hydrogens is 342 g/mol. The number of amides is 1. The van der Waals surface area contributed by atoms with E-state index in [1.165, 1.54) is 24.4 Å². The van der Waals surface area contributed by atoms with E-state index in [-0.39, 0.29) is 36.2 Å². The van der Waals surface area contributed by atoms with E-state index in [1.54, 1.807) is 6.92 Å². The molecule has 0 aliphatic carbocycles. The van der Waals surface area contributed by atoms with Gasteiger partial charge < -0.3 is 24.9 Å². The highest BCUT2D eigenvalue weighted by Gasteiger charge is 2.15. The van der Waals surface area contributed by atoms with E-state index in [4.69, 9.17) is 4.74 Å². The van der Waals surface area contributed by atoms with E-state index >= 15 is 0 Å². The Morgan fingerprint density at radius 1 is 1.40 bits per heavy atom. The molecule has 1 aromatic carbocycles. The van der Waals surface area contributed by atoms with Crippen LogP contribution in [0.3, 0.4) is 0 Å². The monoisotopic (exact) mass is 356 g/mol. The van der Waals surface area contributed by atoms with Crippen LogP contribution in [0.15, 0.2) is 30.5 Å². The lowest BCUT2D eigenvalue weighted by Gasteiger charge is -2.13. The maximum absolute atomic E-state index is 12.3. The number of carbonyl (C=O) groups excluding carboxylic acids is 1. The zero-order chi connectivity index (χ0) is 18.4. The highest BCUT2D eigenvalue weighted by Crippen LogP contribution is 2.31. The molecule has 25 heavy (non-hydrogen) atoms. The van der Waals surface area contributed by atoms with Gasteiger partial charge in [-0.1, -0.05) is 0 Å². The third kappa shape index (κ3) is 5.12. The third-order valence-electron chi connectivity index (χ3n) is 2.86. The predicted molar refractivity (Wildman–Crippen MR) is 81.8 cm³/mol. The van der Waals surface area contributed by atoms with Gasteiger partial charge in [0.1, 0.15) is 6.54 Å². The van der Waals surface area contributed by atoms with E-state index in [0.717, 1.165) is 10.7 Å². The predicted octanol–water partition coefficient (Wildman–Crippen LogP) is 2.43. The van der Waals surface area contributed by atoms with Gasteiger partial charge >= 0.3 is 12.4 Å². The van der Waals surface area contributed by atoms with Gasteiger partial charge in [-0.3, -0.25) is 4.79 Å². The molecule has 0 atom stereocenters. The number of anilines is 1. The van der Waals surface area contributed by atoms with Crippen LogP contribution in [0, 0.1) is 10.1 Å². The molecule has 0 aliphatic rings. The Labute approximate surface area is 140 Å². The van der Waals surface area contributed by atoms with E-state index in [2.05, 4.69) is 15.2 Å². The number of carbonyl (C=O) groups is 1. The molecule has 2 rings (SSSR count). The summed E-state index contributed by atoms with van der Waals surface area (Å²) in [5.74, 6) is -0.990. The molecular formula is C14H14F2N4O5. The third-order valence-corrected chi connectivity index (χ3v) is 2.86. The Balaban J connectivity index is 2.06. The van der Waals surface area contributed by atoms with E-state index in [9.17, 15) is 23.7 Å². The fourth-order valence-corrected chi connectivity index (χ4v) is 1.93. The van der Waals surface area contributed by atoms with Crippen LogP contribution < -0.4 is 14.8 Å². The highest BCUT2D eigenvalue weighted by molar-refractivity contribution is 5.90. The van der Waals surface area contributed by atoms with Crippen molar-refractivity contribution in [3.63, 3.8) is 0 Å². The lowest BCUT2D eigenvalue weighted by molar-refractivity contribution is -0.389. The summed E-state index contributed by atoms with van der Waals surface area (Å²) in [4.78, 5) is 21.8. The number of hydrogen-bond donors (Lipinski definition) is 1. The number of nitro groups is 1. The zero-order valence-electron chi connectivity index (χ0n) is 13.0. The van der Waals surface area contributed by atoms with Gasteiger partial charge in [-0.05, 0) is 24.0 Å². The molecule has 0 saturated heterocycles. The number of benzene rings is 1. The Morgan fingerprint density at radius 2 is 2.16 bits per heavy atom. The molecule has 1 aromatic heterocycles. The van der Waals surface area contributed by atoms with Crippen LogP contribution in [-0.4, -0.2) is 33.8 Å². The summed E-state index contributed by atoms with van der Waals surface area (Å²) in [6.07, 6.45) is 1.29. The molecule has 11 heteroatoms. The van der Waals surface area contributed by atoms with Crippen molar-refractivity contribution in [3.05, 3.63) is 40.6 Å². The first-order valence-corrected chi connectivity index (χ1v) is 7.08. The molecule has 9 nitrogen and oxygen atoms in total. The van der Waals surface area contributed by atoms with Crippen molar-refractivity contribution in [2.24, 2.45) is 0 Å². The number of hydrogen-bond acceptors (Lipinski definition) is 6. The smallest absolute Gasteiger partial charge is 0.389 e. The van der Waals surface area contributed by atoms with Crippen molar-refractivity contribution in [1.29, 1.82) is 0 Å². The summed E-state index contributed by atoms with van der Waals surface area (Å²) in [5, 5.41) is 16.7. The summed E-state index contributed by atoms with van der Waals surface area (Å²) >= 11 is 0. The summed E-state index contributed by atoms with van der Waals surface area (Å²) in [7, 11) is 0. The molecule has 0 aliphatic heterocycles. The van der Waals surface area contributed by atoms with E-state index in [1.807, 2.05) is 0 Å². The highest BCUT2D eigenvalue weighted by atomic mass is 19.3. The molecule has 1 amide bonds. The van der Waals surface area contributed by atoms with Gasteiger partial charge in [0, 0.05) is 11.8 Å². The molecule has 2 aromatic rings. The van der Waals surface area contributed by atoms with Crippen LogP contribution >= 0.6 is 0 Å². The largest absolute Gasteiger partial charge is 0.490 e. The van der Waals surface area contributed by atoms with Crippen LogP contribution in [0.5, 0.6) is 11.5 Å². The summed E-state index contributed by atoms with van der Waals surface area (Å²) in [5.41, 5.74) is 0.289. The molecule has 0 spiro atoms. The number of nitrogens with one attached hydrogen (secondary N) is 1. The van der Waals surface area contributed by atoms with Gasteiger partial charge in [0.05, 0.1) is 24.0 Å². The van der Waals surface area contributed by atoms with Crippen LogP contribution in [-0.2, 0) is 11.3 Å². The molecule has 0 unspecified atom stereocenters. The Kier molecular flexibility index (Phi) is 5.82. The van der Waals surface area contributed by atoms with Crippen molar-refractivity contribution in [3.8, 4) is 11.5 Å². The second-order valence-corrected chi connectivity index (χ2v) is 4.65. The average Bonchev–Trinajstić information content (AvgIpc) is 2.98. The first-order valence-electron chi connectivity index (χ1n) is 7.08. The minimum atomic E-state index is -3.00. The van der Waals surface area contributed by atoms with Gasteiger partial charge in [-0.25, -0.2) is 0 Å². The molecule has 0 radical (unpaired) electrons. The van der Waals surface area contributed by atoms with Gasteiger partial charge in [0.2, 0.25) is 5.91 Å². The minimum Gasteiger partial charge on any atom is -0.490 e. The average molecular weight is 356 g/mol. The SMILES string of the molecule is CCOc1cc(NC(=O)Cn2ccc([N+](=O)[O-])n2)ccc1OC(F)F. The van der Waals surface area contributed by atoms with Crippen molar-refractivity contribution in [1.82, 2.24) is 9.78 Å². The number of alkyl halides is 2. The Morgan fingerprint density at radius 3 is 2.76 bits per heavy atom. The number of aromatic nitrogens is 2. The standard InChI is InChI=1S/C14H14F2N4O5/c1-2-24-11-7-9(3-4-10(11)25-14(15)16)17-13(21)8-19-6-5-12(18-19)20(22)23/h3-7,14H,2,8H2,1H3,(H,17,21). The number of halogens is 2. The van der Waals surface area contributed by atoms with Crippen molar-refractivity contribution in [2.45, 2.75) is 20.1 Å². The van der Waals surface area contributed by atoms with Gasteiger partial charge in [-0.2, -0.15) is 13.5 Å². The van der Waals surface area contributed by atoms with Gasteiger partial charge in [0.15, 0.2) is 11.5 Å². The molecule has 1 heterocycles. The first-order chi connectivity index (χ1) is 11.9. The second-order valence-electron chi connectivity index (χ2n) is 4.65. The molecule has 1 N–H and O–H groups in total. The molecule has 0 saturated carbocycles. The second kappa shape index (κ2) is 8.04. The van der Waals surface area contributed by atoms with Crippen LogP contribution in [0.4, 0.5) is 20.3 Å². The number of rotatable bonds is 8. The van der Waals surface area contributed by atoms with Crippen molar-refractivity contribution >= 4 is 17.4 Å². The molecule has 0 fully saturated rings. The first kappa shape index (κ1) is 18.1. The summed E-state index contributed by atoms with van der Waals surface area (Å²) in [6.45, 7) is -1.38. The number of ether oxygens (including phenoxy) is 2. The Bertz CT molecular complexity index is 765. The van der Waals surface area contributed by atoms with Crippen molar-refractivity contribution < 1.29 is 28.0 Å².